The van der Waals surface area contributed by atoms with E-state index in [1.807, 2.05) is 0 Å². The summed E-state index contributed by atoms with van der Waals surface area (Å²) in [6.07, 6.45) is 6.16. The summed E-state index contributed by atoms with van der Waals surface area (Å²) in [6, 6.07) is 6.94. The average molecular weight is 240 g/mol. The highest BCUT2D eigenvalue weighted by Gasteiger charge is 2.48. The van der Waals surface area contributed by atoms with E-state index in [2.05, 4.69) is 37.4 Å². The van der Waals surface area contributed by atoms with E-state index in [4.69, 9.17) is 0 Å². The summed E-state index contributed by atoms with van der Waals surface area (Å²) in [6.45, 7) is 4.33. The van der Waals surface area contributed by atoms with Crippen molar-refractivity contribution < 1.29 is 0 Å². The first-order chi connectivity index (χ1) is 8.67. The largest absolute Gasteiger partial charge is 0.369 e. The summed E-state index contributed by atoms with van der Waals surface area (Å²) < 4.78 is 0. The summed E-state index contributed by atoms with van der Waals surface area (Å²) in [5.74, 6) is 0. The molecule has 0 aromatic heterocycles. The van der Waals surface area contributed by atoms with Gasteiger partial charge in [-0.1, -0.05) is 25.3 Å². The highest BCUT2D eigenvalue weighted by atomic mass is 15.0. The molecule has 1 aromatic rings. The van der Waals surface area contributed by atoms with Gasteiger partial charge in [0.05, 0.1) is 6.07 Å². The molecule has 1 aromatic carbocycles. The quantitative estimate of drug-likeness (QED) is 0.748. The summed E-state index contributed by atoms with van der Waals surface area (Å²) >= 11 is 0. The smallest absolute Gasteiger partial charge is 0.124 e. The number of hydrogen-bond acceptors (Lipinski definition) is 2. The predicted octanol–water partition coefficient (Wildman–Crippen LogP) is 3.82. The van der Waals surface area contributed by atoms with Crippen molar-refractivity contribution in [3.8, 4) is 6.07 Å². The Morgan fingerprint density at radius 1 is 1.22 bits per heavy atom. The van der Waals surface area contributed by atoms with Gasteiger partial charge >= 0.3 is 0 Å². The lowest BCUT2D eigenvalue weighted by Gasteiger charge is -2.37. The molecule has 0 radical (unpaired) electrons. The van der Waals surface area contributed by atoms with Crippen molar-refractivity contribution in [2.45, 2.75) is 57.4 Å². The fourth-order valence-corrected chi connectivity index (χ4v) is 4.06. The molecule has 1 aliphatic heterocycles. The van der Waals surface area contributed by atoms with Gasteiger partial charge in [-0.25, -0.2) is 0 Å². The van der Waals surface area contributed by atoms with Gasteiger partial charge in [-0.15, -0.1) is 0 Å². The Balaban J connectivity index is 2.17. The molecular weight excluding hydrogens is 220 g/mol. The molecule has 0 amide bonds. The number of nitrogens with one attached hydrogen (secondary N) is 1. The van der Waals surface area contributed by atoms with Crippen LogP contribution in [0, 0.1) is 25.2 Å². The molecule has 3 rings (SSSR count). The van der Waals surface area contributed by atoms with Crippen molar-refractivity contribution in [3.63, 3.8) is 0 Å². The Morgan fingerprint density at radius 3 is 2.61 bits per heavy atom. The molecule has 2 nitrogen and oxygen atoms in total. The molecule has 0 saturated heterocycles. The van der Waals surface area contributed by atoms with Crippen molar-refractivity contribution in [3.05, 3.63) is 28.8 Å². The molecule has 0 unspecified atom stereocenters. The molecule has 1 heterocycles. The Labute approximate surface area is 109 Å². The molecule has 94 valence electrons. The SMILES string of the molecule is Cc1cc(C)c2c(c1)N[C@H](C#N)C21CCCCC1. The topological polar surface area (TPSA) is 35.8 Å². The van der Waals surface area contributed by atoms with E-state index in [1.165, 1.54) is 41.6 Å². The molecule has 2 aliphatic rings. The Bertz CT molecular complexity index is 519. The lowest BCUT2D eigenvalue weighted by molar-refractivity contribution is 0.292. The molecule has 1 N–H and O–H groups in total. The van der Waals surface area contributed by atoms with E-state index in [1.54, 1.807) is 0 Å². The lowest BCUT2D eigenvalue weighted by Crippen LogP contribution is -2.40. The van der Waals surface area contributed by atoms with Crippen molar-refractivity contribution in [1.82, 2.24) is 0 Å². The van der Waals surface area contributed by atoms with Gasteiger partial charge in [0.1, 0.15) is 6.04 Å². The van der Waals surface area contributed by atoms with E-state index in [-0.39, 0.29) is 11.5 Å². The van der Waals surface area contributed by atoms with Gasteiger partial charge in [0, 0.05) is 11.1 Å². The molecule has 1 saturated carbocycles. The summed E-state index contributed by atoms with van der Waals surface area (Å²) in [5.41, 5.74) is 5.36. The van der Waals surface area contributed by atoms with Gasteiger partial charge in [0.25, 0.3) is 0 Å². The molecule has 1 spiro atoms. The first-order valence-electron chi connectivity index (χ1n) is 6.95. The van der Waals surface area contributed by atoms with E-state index in [9.17, 15) is 5.26 Å². The maximum atomic E-state index is 9.50. The van der Waals surface area contributed by atoms with Crippen molar-refractivity contribution >= 4 is 5.69 Å². The molecule has 18 heavy (non-hydrogen) atoms. The first-order valence-corrected chi connectivity index (χ1v) is 6.95. The van der Waals surface area contributed by atoms with Crippen LogP contribution >= 0.6 is 0 Å². The maximum absolute atomic E-state index is 9.50. The summed E-state index contributed by atoms with van der Waals surface area (Å²) in [7, 11) is 0. The standard InChI is InChI=1S/C16H20N2/c1-11-8-12(2)15-13(9-11)18-14(10-17)16(15)6-4-3-5-7-16/h8-9,14,18H,3-7H2,1-2H3/t14-/m1/s1. The highest BCUT2D eigenvalue weighted by Crippen LogP contribution is 2.51. The highest BCUT2D eigenvalue weighted by molar-refractivity contribution is 5.67. The van der Waals surface area contributed by atoms with Crippen LogP contribution in [0.25, 0.3) is 0 Å². The molecule has 1 fully saturated rings. The van der Waals surface area contributed by atoms with Crippen LogP contribution in [0.15, 0.2) is 12.1 Å². The van der Waals surface area contributed by atoms with Crippen LogP contribution in [0.1, 0.15) is 48.8 Å². The molecule has 0 bridgehead atoms. The Kier molecular flexibility index (Phi) is 2.59. The second-order valence-corrected chi connectivity index (χ2v) is 5.93. The van der Waals surface area contributed by atoms with E-state index in [0.29, 0.717) is 0 Å². The van der Waals surface area contributed by atoms with E-state index >= 15 is 0 Å². The maximum Gasteiger partial charge on any atom is 0.124 e. The fraction of sp³-hybridized carbons (Fsp3) is 0.562. The zero-order valence-electron chi connectivity index (χ0n) is 11.2. The van der Waals surface area contributed by atoms with Crippen LogP contribution in [-0.2, 0) is 5.41 Å². The van der Waals surface area contributed by atoms with Gasteiger partial charge in [-0.2, -0.15) is 5.26 Å². The second kappa shape index (κ2) is 4.02. The average Bonchev–Trinajstić information content (AvgIpc) is 2.64. The minimum absolute atomic E-state index is 0.0340. The van der Waals surface area contributed by atoms with Crippen LogP contribution in [-0.4, -0.2) is 6.04 Å². The number of anilines is 1. The first kappa shape index (κ1) is 11.6. The van der Waals surface area contributed by atoms with Crippen LogP contribution in [0.4, 0.5) is 5.69 Å². The van der Waals surface area contributed by atoms with Crippen LogP contribution in [0.5, 0.6) is 0 Å². The Morgan fingerprint density at radius 2 is 1.94 bits per heavy atom. The van der Waals surface area contributed by atoms with Crippen LogP contribution in [0.2, 0.25) is 0 Å². The number of rotatable bonds is 0. The number of nitrogens with zero attached hydrogens (tertiary/aromatic N) is 1. The Hall–Kier alpha value is -1.49. The third-order valence-electron chi connectivity index (χ3n) is 4.71. The molecular formula is C16H20N2. The molecule has 1 aliphatic carbocycles. The summed E-state index contributed by atoms with van der Waals surface area (Å²) in [4.78, 5) is 0. The van der Waals surface area contributed by atoms with Crippen molar-refractivity contribution in [2.24, 2.45) is 0 Å². The van der Waals surface area contributed by atoms with Crippen LogP contribution < -0.4 is 5.32 Å². The number of nitriles is 1. The second-order valence-electron chi connectivity index (χ2n) is 5.93. The molecule has 2 heteroatoms. The predicted molar refractivity (Wildman–Crippen MR) is 73.7 cm³/mol. The zero-order chi connectivity index (χ0) is 12.8. The van der Waals surface area contributed by atoms with Gasteiger partial charge < -0.3 is 5.32 Å². The van der Waals surface area contributed by atoms with Crippen molar-refractivity contribution in [2.75, 3.05) is 5.32 Å². The third kappa shape index (κ3) is 1.47. The van der Waals surface area contributed by atoms with Gasteiger partial charge in [-0.3, -0.25) is 0 Å². The molecule has 1 atom stereocenters. The minimum atomic E-state index is -0.0340. The number of fused-ring (bicyclic) bond motifs is 2. The minimum Gasteiger partial charge on any atom is -0.369 e. The van der Waals surface area contributed by atoms with E-state index in [0.717, 1.165) is 12.8 Å². The zero-order valence-corrected chi connectivity index (χ0v) is 11.2. The monoisotopic (exact) mass is 240 g/mol. The fourth-order valence-electron chi connectivity index (χ4n) is 4.06. The normalized spacial score (nSPS) is 24.4. The number of hydrogen-bond donors (Lipinski definition) is 1. The van der Waals surface area contributed by atoms with Crippen molar-refractivity contribution in [1.29, 1.82) is 5.26 Å². The third-order valence-corrected chi connectivity index (χ3v) is 4.71. The van der Waals surface area contributed by atoms with E-state index < -0.39 is 0 Å². The van der Waals surface area contributed by atoms with Crippen LogP contribution in [0.3, 0.4) is 0 Å². The number of benzene rings is 1. The number of aryl methyl sites for hydroxylation is 2. The lowest BCUT2D eigenvalue weighted by atomic mass is 9.66. The van der Waals surface area contributed by atoms with Gasteiger partial charge in [0.2, 0.25) is 0 Å². The summed E-state index contributed by atoms with van der Waals surface area (Å²) in [5, 5.41) is 13.0. The van der Waals surface area contributed by atoms with Gasteiger partial charge in [-0.05, 0) is 49.4 Å². The van der Waals surface area contributed by atoms with Gasteiger partial charge in [0.15, 0.2) is 0 Å².